The molecule has 1 saturated heterocycles. The number of hydrogen-bond donors (Lipinski definition) is 1. The Bertz CT molecular complexity index is 626. The summed E-state index contributed by atoms with van der Waals surface area (Å²) in [6, 6.07) is 4.15. The van der Waals surface area contributed by atoms with E-state index in [0.717, 1.165) is 12.0 Å². The van der Waals surface area contributed by atoms with Crippen molar-refractivity contribution in [2.45, 2.75) is 44.3 Å². The maximum atomic E-state index is 13.9. The highest BCUT2D eigenvalue weighted by atomic mass is 19.3. The van der Waals surface area contributed by atoms with E-state index >= 15 is 0 Å². The Morgan fingerprint density at radius 3 is 3.00 bits per heavy atom. The van der Waals surface area contributed by atoms with Crippen LogP contribution in [0.2, 0.25) is 0 Å². The van der Waals surface area contributed by atoms with Crippen LogP contribution in [0.15, 0.2) is 18.2 Å². The Morgan fingerprint density at radius 1 is 1.46 bits per heavy atom. The fraction of sp³-hybridized carbons (Fsp3) is 0.588. The van der Waals surface area contributed by atoms with Gasteiger partial charge in [0.15, 0.2) is 0 Å². The van der Waals surface area contributed by atoms with Gasteiger partial charge in [-0.2, -0.15) is 0 Å². The molecule has 0 spiro atoms. The summed E-state index contributed by atoms with van der Waals surface area (Å²) in [7, 11) is 0. The molecule has 4 nitrogen and oxygen atoms in total. The van der Waals surface area contributed by atoms with Crippen molar-refractivity contribution in [2.24, 2.45) is 0 Å². The van der Waals surface area contributed by atoms with E-state index in [-0.39, 0.29) is 31.6 Å². The molecule has 0 saturated carbocycles. The molecule has 2 aliphatic rings. The minimum absolute atomic E-state index is 0.0736. The predicted octanol–water partition coefficient (Wildman–Crippen LogP) is 3.27. The number of fused-ring (bicyclic) bond motifs is 1. The molecule has 0 radical (unpaired) electrons. The number of rotatable bonds is 2. The third kappa shape index (κ3) is 3.22. The molecular formula is C17H21F3N2O2. The van der Waals surface area contributed by atoms with Gasteiger partial charge < -0.3 is 15.0 Å². The molecule has 1 aromatic rings. The molecule has 0 bridgehead atoms. The number of ether oxygens (including phenoxy) is 1. The molecule has 1 aromatic carbocycles. The second-order valence-corrected chi connectivity index (χ2v) is 6.59. The summed E-state index contributed by atoms with van der Waals surface area (Å²) >= 11 is 0. The zero-order chi connectivity index (χ0) is 17.3. The predicted molar refractivity (Wildman–Crippen MR) is 82.5 cm³/mol. The van der Waals surface area contributed by atoms with Crippen LogP contribution in [0.1, 0.15) is 36.9 Å². The van der Waals surface area contributed by atoms with Gasteiger partial charge >= 0.3 is 6.03 Å². The molecule has 3 rings (SSSR count). The summed E-state index contributed by atoms with van der Waals surface area (Å²) in [4.78, 5) is 13.8. The second-order valence-electron chi connectivity index (χ2n) is 6.59. The molecule has 1 heterocycles. The SMILES string of the molecule is CC1(C(F)F)CN(C(=O)NC2CCCc3c(F)cccc32)CCO1. The van der Waals surface area contributed by atoms with Crippen molar-refractivity contribution in [2.75, 3.05) is 19.7 Å². The van der Waals surface area contributed by atoms with Gasteiger partial charge in [-0.15, -0.1) is 0 Å². The minimum atomic E-state index is -2.67. The number of amides is 2. The van der Waals surface area contributed by atoms with Gasteiger partial charge in [-0.3, -0.25) is 0 Å². The molecule has 7 heteroatoms. The molecule has 2 unspecified atom stereocenters. The number of nitrogens with zero attached hydrogens (tertiary/aromatic N) is 1. The van der Waals surface area contributed by atoms with Crippen molar-refractivity contribution in [1.29, 1.82) is 0 Å². The van der Waals surface area contributed by atoms with E-state index in [9.17, 15) is 18.0 Å². The van der Waals surface area contributed by atoms with Crippen LogP contribution in [0.25, 0.3) is 0 Å². The molecular weight excluding hydrogens is 321 g/mol. The number of alkyl halides is 2. The van der Waals surface area contributed by atoms with Crippen LogP contribution in [-0.2, 0) is 11.2 Å². The Labute approximate surface area is 139 Å². The highest BCUT2D eigenvalue weighted by Gasteiger charge is 2.42. The lowest BCUT2D eigenvalue weighted by atomic mass is 9.87. The topological polar surface area (TPSA) is 41.6 Å². The van der Waals surface area contributed by atoms with E-state index in [2.05, 4.69) is 5.32 Å². The number of benzene rings is 1. The third-order valence-corrected chi connectivity index (χ3v) is 4.79. The maximum Gasteiger partial charge on any atom is 0.318 e. The molecule has 1 aliphatic carbocycles. The number of hydrogen-bond acceptors (Lipinski definition) is 2. The molecule has 1 N–H and O–H groups in total. The van der Waals surface area contributed by atoms with E-state index in [4.69, 9.17) is 4.74 Å². The zero-order valence-electron chi connectivity index (χ0n) is 13.5. The molecule has 24 heavy (non-hydrogen) atoms. The Balaban J connectivity index is 1.71. The zero-order valence-corrected chi connectivity index (χ0v) is 13.5. The lowest BCUT2D eigenvalue weighted by Gasteiger charge is -2.40. The van der Waals surface area contributed by atoms with Gasteiger partial charge in [0, 0.05) is 6.54 Å². The van der Waals surface area contributed by atoms with Crippen LogP contribution in [0.5, 0.6) is 0 Å². The van der Waals surface area contributed by atoms with Crippen LogP contribution in [0.3, 0.4) is 0 Å². The lowest BCUT2D eigenvalue weighted by molar-refractivity contribution is -0.161. The molecule has 0 aromatic heterocycles. The fourth-order valence-corrected chi connectivity index (χ4v) is 3.39. The van der Waals surface area contributed by atoms with Gasteiger partial charge in [0.2, 0.25) is 0 Å². The summed E-state index contributed by atoms with van der Waals surface area (Å²) in [5, 5.41) is 2.87. The summed E-state index contributed by atoms with van der Waals surface area (Å²) in [6.07, 6.45) is -0.539. The first-order chi connectivity index (χ1) is 11.4. The first-order valence-electron chi connectivity index (χ1n) is 8.15. The fourth-order valence-electron chi connectivity index (χ4n) is 3.39. The van der Waals surface area contributed by atoms with Crippen LogP contribution >= 0.6 is 0 Å². The standard InChI is InChI=1S/C17H21F3N2O2/c1-17(15(19)20)10-22(8-9-24-17)16(23)21-14-7-3-4-11-12(14)5-2-6-13(11)18/h2,5-6,14-15H,3-4,7-10H2,1H3,(H,21,23). The molecule has 2 atom stereocenters. The highest BCUT2D eigenvalue weighted by Crippen LogP contribution is 2.32. The summed E-state index contributed by atoms with van der Waals surface area (Å²) in [5.74, 6) is -0.261. The van der Waals surface area contributed by atoms with Crippen LogP contribution in [-0.4, -0.2) is 42.7 Å². The number of carbonyl (C=O) groups excluding carboxylic acids is 1. The minimum Gasteiger partial charge on any atom is -0.366 e. The van der Waals surface area contributed by atoms with Crippen molar-refractivity contribution in [1.82, 2.24) is 10.2 Å². The van der Waals surface area contributed by atoms with E-state index < -0.39 is 18.1 Å². The quantitative estimate of drug-likeness (QED) is 0.896. The smallest absolute Gasteiger partial charge is 0.318 e. The van der Waals surface area contributed by atoms with E-state index in [0.29, 0.717) is 18.4 Å². The number of urea groups is 1. The van der Waals surface area contributed by atoms with Crippen molar-refractivity contribution >= 4 is 6.03 Å². The molecule has 1 aliphatic heterocycles. The first-order valence-corrected chi connectivity index (χ1v) is 8.15. The summed E-state index contributed by atoms with van der Waals surface area (Å²) in [5.41, 5.74) is -0.237. The molecule has 132 valence electrons. The first kappa shape index (κ1) is 17.1. The third-order valence-electron chi connectivity index (χ3n) is 4.79. The average Bonchev–Trinajstić information content (AvgIpc) is 2.56. The monoisotopic (exact) mass is 342 g/mol. The summed E-state index contributed by atoms with van der Waals surface area (Å²) in [6.45, 7) is 1.47. The Hall–Kier alpha value is -1.76. The largest absolute Gasteiger partial charge is 0.366 e. The van der Waals surface area contributed by atoms with Crippen molar-refractivity contribution in [3.63, 3.8) is 0 Å². The van der Waals surface area contributed by atoms with Crippen molar-refractivity contribution in [3.05, 3.63) is 35.1 Å². The maximum absolute atomic E-state index is 13.9. The average molecular weight is 342 g/mol. The van der Waals surface area contributed by atoms with Gasteiger partial charge in [0.25, 0.3) is 6.43 Å². The number of carbonyl (C=O) groups is 1. The van der Waals surface area contributed by atoms with Gasteiger partial charge in [-0.1, -0.05) is 12.1 Å². The molecule has 2 amide bonds. The highest BCUT2D eigenvalue weighted by molar-refractivity contribution is 5.75. The van der Waals surface area contributed by atoms with Crippen LogP contribution in [0.4, 0.5) is 18.0 Å². The van der Waals surface area contributed by atoms with Gasteiger partial charge in [0.05, 0.1) is 19.2 Å². The lowest BCUT2D eigenvalue weighted by Crippen LogP contribution is -2.58. The van der Waals surface area contributed by atoms with Crippen LogP contribution in [0, 0.1) is 5.82 Å². The number of halogens is 3. The van der Waals surface area contributed by atoms with Gasteiger partial charge in [0.1, 0.15) is 11.4 Å². The van der Waals surface area contributed by atoms with E-state index in [1.54, 1.807) is 6.07 Å². The Kier molecular flexibility index (Phi) is 4.71. The van der Waals surface area contributed by atoms with E-state index in [1.807, 2.05) is 6.07 Å². The van der Waals surface area contributed by atoms with E-state index in [1.165, 1.54) is 17.9 Å². The van der Waals surface area contributed by atoms with Crippen LogP contribution < -0.4 is 5.32 Å². The van der Waals surface area contributed by atoms with Gasteiger partial charge in [-0.25, -0.2) is 18.0 Å². The molecule has 1 fully saturated rings. The normalized spacial score (nSPS) is 27.0. The van der Waals surface area contributed by atoms with Crippen molar-refractivity contribution in [3.8, 4) is 0 Å². The van der Waals surface area contributed by atoms with Gasteiger partial charge in [-0.05, 0) is 43.4 Å². The second kappa shape index (κ2) is 6.63. The Morgan fingerprint density at radius 2 is 2.25 bits per heavy atom. The van der Waals surface area contributed by atoms with Crippen molar-refractivity contribution < 1.29 is 22.7 Å². The summed E-state index contributed by atoms with van der Waals surface area (Å²) < 4.78 is 45.3. The number of morpholine rings is 1. The number of nitrogens with one attached hydrogen (secondary N) is 1.